The zero-order valence-electron chi connectivity index (χ0n) is 13.3. The summed E-state index contributed by atoms with van der Waals surface area (Å²) in [6.45, 7) is 4.21. The Bertz CT molecular complexity index is 823. The van der Waals surface area contributed by atoms with Crippen molar-refractivity contribution in [3.05, 3.63) is 71.5 Å². The van der Waals surface area contributed by atoms with Crippen LogP contribution < -0.4 is 0 Å². The fourth-order valence-electron chi connectivity index (χ4n) is 3.52. The smallest absolute Gasteiger partial charge is 0.110 e. The third kappa shape index (κ3) is 2.08. The first kappa shape index (κ1) is 13.4. The number of aryl methyl sites for hydroxylation is 2. The topological polar surface area (TPSA) is 20.5 Å². The van der Waals surface area contributed by atoms with Crippen molar-refractivity contribution in [3.8, 4) is 0 Å². The first-order valence-electron chi connectivity index (χ1n) is 7.85. The average Bonchev–Trinajstić information content (AvgIpc) is 3.01. The maximum atomic E-state index is 4.79. The van der Waals surface area contributed by atoms with Gasteiger partial charge in [-0.15, -0.1) is 0 Å². The summed E-state index contributed by atoms with van der Waals surface area (Å²) in [7, 11) is 2.14. The number of hydrogen-bond acceptors (Lipinski definition) is 2. The van der Waals surface area contributed by atoms with E-state index in [9.17, 15) is 0 Å². The highest BCUT2D eigenvalue weighted by atomic mass is 15.1. The Morgan fingerprint density at radius 1 is 1.23 bits per heavy atom. The van der Waals surface area contributed by atoms with Crippen LogP contribution in [0.25, 0.3) is 5.52 Å². The number of aromatic nitrogens is 2. The summed E-state index contributed by atoms with van der Waals surface area (Å²) >= 11 is 0. The third-order valence-corrected chi connectivity index (χ3v) is 4.75. The fraction of sp³-hybridized carbons (Fsp3) is 0.316. The van der Waals surface area contributed by atoms with Crippen LogP contribution in [-0.2, 0) is 6.42 Å². The molecular formula is C19H21N3. The van der Waals surface area contributed by atoms with Crippen LogP contribution in [0.3, 0.4) is 0 Å². The largest absolute Gasteiger partial charge is 0.373 e. The van der Waals surface area contributed by atoms with E-state index in [-0.39, 0.29) is 0 Å². The van der Waals surface area contributed by atoms with Crippen molar-refractivity contribution >= 4 is 5.52 Å². The van der Waals surface area contributed by atoms with E-state index >= 15 is 0 Å². The Hall–Kier alpha value is -2.29. The molecule has 0 bridgehead atoms. The number of likely N-dealkylation sites (N-methyl/N-ethyl adjacent to an activating group) is 1. The predicted molar refractivity (Wildman–Crippen MR) is 89.8 cm³/mol. The van der Waals surface area contributed by atoms with Gasteiger partial charge in [0.05, 0.1) is 17.3 Å². The molecule has 1 aliphatic carbocycles. The number of nitrogens with zero attached hydrogens (tertiary/aromatic N) is 3. The minimum Gasteiger partial charge on any atom is -0.373 e. The van der Waals surface area contributed by atoms with Crippen molar-refractivity contribution in [1.29, 1.82) is 0 Å². The number of imidazole rings is 1. The van der Waals surface area contributed by atoms with Crippen LogP contribution in [0.15, 0.2) is 54.4 Å². The maximum Gasteiger partial charge on any atom is 0.110 e. The molecule has 0 aromatic carbocycles. The van der Waals surface area contributed by atoms with Crippen molar-refractivity contribution < 1.29 is 0 Å². The molecule has 0 saturated heterocycles. The molecule has 0 fully saturated rings. The number of allylic oxidation sites excluding steroid dienone is 2. The second kappa shape index (κ2) is 4.87. The highest BCUT2D eigenvalue weighted by Gasteiger charge is 2.25. The molecule has 0 N–H and O–H groups in total. The minimum absolute atomic E-state index is 0.492. The second-order valence-electron chi connectivity index (χ2n) is 6.42. The fourth-order valence-corrected chi connectivity index (χ4v) is 3.52. The maximum absolute atomic E-state index is 4.79. The standard InChI is InChI=1S/C19H21N3/c1-13-6-9-22-14(2)20-17(19(22)10-13)12-15-4-5-18-16(11-15)7-8-21(18)3/h4-11,16,18H,12H2,1-3H3. The van der Waals surface area contributed by atoms with Gasteiger partial charge in [-0.05, 0) is 43.3 Å². The summed E-state index contributed by atoms with van der Waals surface area (Å²) in [6, 6.07) is 4.86. The van der Waals surface area contributed by atoms with Crippen molar-refractivity contribution in [2.24, 2.45) is 5.92 Å². The third-order valence-electron chi connectivity index (χ3n) is 4.75. The van der Waals surface area contributed by atoms with Gasteiger partial charge in [-0.1, -0.05) is 24.3 Å². The summed E-state index contributed by atoms with van der Waals surface area (Å²) in [4.78, 5) is 7.06. The highest BCUT2D eigenvalue weighted by Crippen LogP contribution is 2.29. The number of pyridine rings is 1. The molecule has 3 heterocycles. The summed E-state index contributed by atoms with van der Waals surface area (Å²) in [5.74, 6) is 1.56. The summed E-state index contributed by atoms with van der Waals surface area (Å²) in [5, 5.41) is 0. The molecule has 3 nitrogen and oxygen atoms in total. The normalized spacial score (nSPS) is 23.2. The van der Waals surface area contributed by atoms with Gasteiger partial charge in [0.1, 0.15) is 5.82 Å². The van der Waals surface area contributed by atoms with E-state index in [1.807, 2.05) is 0 Å². The van der Waals surface area contributed by atoms with Crippen molar-refractivity contribution in [2.45, 2.75) is 26.3 Å². The van der Waals surface area contributed by atoms with E-state index in [4.69, 9.17) is 4.98 Å². The molecule has 0 saturated carbocycles. The predicted octanol–water partition coefficient (Wildman–Crippen LogP) is 3.43. The van der Waals surface area contributed by atoms with Crippen LogP contribution in [-0.4, -0.2) is 27.4 Å². The number of rotatable bonds is 2. The van der Waals surface area contributed by atoms with E-state index in [0.717, 1.165) is 12.2 Å². The molecule has 0 spiro atoms. The lowest BCUT2D eigenvalue weighted by Crippen LogP contribution is -2.27. The summed E-state index contributed by atoms with van der Waals surface area (Å²) in [5.41, 5.74) is 5.05. The Labute approximate surface area is 131 Å². The van der Waals surface area contributed by atoms with Gasteiger partial charge in [-0.2, -0.15) is 0 Å². The van der Waals surface area contributed by atoms with Gasteiger partial charge in [0, 0.05) is 25.6 Å². The Morgan fingerprint density at radius 2 is 2.09 bits per heavy atom. The lowest BCUT2D eigenvalue weighted by atomic mass is 9.91. The Kier molecular flexibility index (Phi) is 2.96. The average molecular weight is 291 g/mol. The molecule has 0 amide bonds. The number of hydrogen-bond donors (Lipinski definition) is 0. The quantitative estimate of drug-likeness (QED) is 0.845. The lowest BCUT2D eigenvalue weighted by molar-refractivity contribution is 0.379. The van der Waals surface area contributed by atoms with Crippen LogP contribution >= 0.6 is 0 Å². The van der Waals surface area contributed by atoms with Crippen molar-refractivity contribution in [1.82, 2.24) is 14.3 Å². The Morgan fingerprint density at radius 3 is 2.95 bits per heavy atom. The van der Waals surface area contributed by atoms with E-state index in [0.29, 0.717) is 12.0 Å². The molecular weight excluding hydrogens is 270 g/mol. The van der Waals surface area contributed by atoms with Gasteiger partial charge in [-0.25, -0.2) is 4.98 Å². The van der Waals surface area contributed by atoms with Gasteiger partial charge in [0.15, 0.2) is 0 Å². The first-order valence-corrected chi connectivity index (χ1v) is 7.85. The van der Waals surface area contributed by atoms with E-state index in [1.54, 1.807) is 0 Å². The van der Waals surface area contributed by atoms with Crippen molar-refractivity contribution in [2.75, 3.05) is 7.05 Å². The molecule has 22 heavy (non-hydrogen) atoms. The minimum atomic E-state index is 0.492. The van der Waals surface area contributed by atoms with Gasteiger partial charge < -0.3 is 9.30 Å². The first-order chi connectivity index (χ1) is 10.6. The second-order valence-corrected chi connectivity index (χ2v) is 6.42. The molecule has 2 aromatic heterocycles. The summed E-state index contributed by atoms with van der Waals surface area (Å²) < 4.78 is 2.18. The molecule has 2 atom stereocenters. The van der Waals surface area contributed by atoms with E-state index in [2.05, 4.69) is 79.0 Å². The lowest BCUT2D eigenvalue weighted by Gasteiger charge is -2.25. The number of fused-ring (bicyclic) bond motifs is 2. The molecule has 4 rings (SSSR count). The SMILES string of the molecule is Cc1ccn2c(C)nc(CC3=CC4C=CN(C)C4C=C3)c2c1. The van der Waals surface area contributed by atoms with Gasteiger partial charge in [0.25, 0.3) is 0 Å². The Balaban J connectivity index is 1.67. The molecule has 2 aliphatic rings. The monoisotopic (exact) mass is 291 g/mol. The molecule has 2 aromatic rings. The van der Waals surface area contributed by atoms with Gasteiger partial charge in [0.2, 0.25) is 0 Å². The zero-order valence-corrected chi connectivity index (χ0v) is 13.3. The van der Waals surface area contributed by atoms with Crippen molar-refractivity contribution in [3.63, 3.8) is 0 Å². The molecule has 112 valence electrons. The highest BCUT2D eigenvalue weighted by molar-refractivity contribution is 5.56. The van der Waals surface area contributed by atoms with Crippen LogP contribution in [0.4, 0.5) is 0 Å². The molecule has 0 radical (unpaired) electrons. The van der Waals surface area contributed by atoms with Crippen LogP contribution in [0, 0.1) is 19.8 Å². The van der Waals surface area contributed by atoms with Crippen LogP contribution in [0.1, 0.15) is 17.1 Å². The van der Waals surface area contributed by atoms with E-state index in [1.165, 1.54) is 22.3 Å². The molecule has 1 aliphatic heterocycles. The zero-order chi connectivity index (χ0) is 15.3. The van der Waals surface area contributed by atoms with Crippen LogP contribution in [0.5, 0.6) is 0 Å². The van der Waals surface area contributed by atoms with Crippen LogP contribution in [0.2, 0.25) is 0 Å². The summed E-state index contributed by atoms with van der Waals surface area (Å²) in [6.07, 6.45) is 14.5. The van der Waals surface area contributed by atoms with E-state index < -0.39 is 0 Å². The molecule has 3 heteroatoms. The molecule has 2 unspecified atom stereocenters. The van der Waals surface area contributed by atoms with Gasteiger partial charge in [-0.3, -0.25) is 0 Å². The van der Waals surface area contributed by atoms with Gasteiger partial charge >= 0.3 is 0 Å².